The zero-order valence-electron chi connectivity index (χ0n) is 15.5. The van der Waals surface area contributed by atoms with Crippen LogP contribution in [0.25, 0.3) is 0 Å². The van der Waals surface area contributed by atoms with Crippen LogP contribution in [-0.2, 0) is 0 Å². The monoisotopic (exact) mass is 330 g/mol. The largest absolute Gasteiger partial charge is 0.369 e. The van der Waals surface area contributed by atoms with Gasteiger partial charge >= 0.3 is 0 Å². The lowest BCUT2D eigenvalue weighted by Gasteiger charge is -2.37. The second-order valence-corrected chi connectivity index (χ2v) is 7.55. The third kappa shape index (κ3) is 4.95. The lowest BCUT2D eigenvalue weighted by Crippen LogP contribution is -2.48. The van der Waals surface area contributed by atoms with Gasteiger partial charge in [0.2, 0.25) is 0 Å². The molecule has 4 heteroatoms. The van der Waals surface area contributed by atoms with Crippen LogP contribution in [0, 0.1) is 0 Å². The molecule has 0 N–H and O–H groups in total. The lowest BCUT2D eigenvalue weighted by atomic mass is 10.1. The number of anilines is 1. The Bertz CT molecular complexity index is 468. The van der Waals surface area contributed by atoms with Crippen LogP contribution in [-0.4, -0.2) is 87.2 Å². The van der Waals surface area contributed by atoms with Gasteiger partial charge in [0.05, 0.1) is 0 Å². The van der Waals surface area contributed by atoms with E-state index in [0.29, 0.717) is 0 Å². The van der Waals surface area contributed by atoms with Gasteiger partial charge in [0.25, 0.3) is 0 Å². The second-order valence-electron chi connectivity index (χ2n) is 7.55. The molecule has 1 aromatic carbocycles. The van der Waals surface area contributed by atoms with Gasteiger partial charge in [-0.2, -0.15) is 0 Å². The average molecular weight is 331 g/mol. The van der Waals surface area contributed by atoms with Gasteiger partial charge in [0, 0.05) is 51.0 Å². The third-order valence-electron chi connectivity index (χ3n) is 5.75. The number of likely N-dealkylation sites (tertiary alicyclic amines) is 1. The molecule has 0 bridgehead atoms. The molecule has 0 unspecified atom stereocenters. The van der Waals surface area contributed by atoms with Gasteiger partial charge in [0.15, 0.2) is 0 Å². The molecule has 0 radical (unpaired) electrons. The van der Waals surface area contributed by atoms with E-state index in [-0.39, 0.29) is 0 Å². The maximum atomic E-state index is 2.69. The molecule has 0 saturated carbocycles. The SMILES string of the molecule is CN(C)[C@H]1CCCN(CCN2CCN(c3ccccc3)CC2)CC1. The smallest absolute Gasteiger partial charge is 0.0367 e. The Kier molecular flexibility index (Phi) is 6.52. The van der Waals surface area contributed by atoms with Crippen molar-refractivity contribution in [2.24, 2.45) is 0 Å². The maximum Gasteiger partial charge on any atom is 0.0367 e. The minimum atomic E-state index is 0.782. The summed E-state index contributed by atoms with van der Waals surface area (Å²) in [7, 11) is 4.46. The molecule has 4 nitrogen and oxygen atoms in total. The number of para-hydroxylation sites is 1. The molecule has 0 spiro atoms. The quantitative estimate of drug-likeness (QED) is 0.821. The van der Waals surface area contributed by atoms with E-state index in [0.717, 1.165) is 19.1 Å². The van der Waals surface area contributed by atoms with Crippen molar-refractivity contribution in [3.63, 3.8) is 0 Å². The van der Waals surface area contributed by atoms with Gasteiger partial charge in [-0.25, -0.2) is 0 Å². The standard InChI is InChI=1S/C20H34N4/c1-21(2)19-9-6-11-22(12-10-19)13-14-23-15-17-24(18-16-23)20-7-4-3-5-8-20/h3-5,7-8,19H,6,9-18H2,1-2H3/t19-/m0/s1. The van der Waals surface area contributed by atoms with Crippen LogP contribution < -0.4 is 4.90 Å². The van der Waals surface area contributed by atoms with Crippen molar-refractivity contribution in [2.75, 3.05) is 71.4 Å². The summed E-state index contributed by atoms with van der Waals surface area (Å²) < 4.78 is 0. The van der Waals surface area contributed by atoms with Gasteiger partial charge in [-0.3, -0.25) is 4.90 Å². The maximum absolute atomic E-state index is 2.69. The molecule has 2 saturated heterocycles. The summed E-state index contributed by atoms with van der Waals surface area (Å²) in [6.45, 7) is 9.74. The van der Waals surface area contributed by atoms with Crippen LogP contribution >= 0.6 is 0 Å². The summed E-state index contributed by atoms with van der Waals surface area (Å²) >= 11 is 0. The molecular formula is C20H34N4. The Morgan fingerprint density at radius 1 is 0.833 bits per heavy atom. The number of rotatable bonds is 5. The van der Waals surface area contributed by atoms with Gasteiger partial charge < -0.3 is 14.7 Å². The first-order valence-corrected chi connectivity index (χ1v) is 9.63. The molecule has 2 aliphatic heterocycles. The Hall–Kier alpha value is -1.10. The number of hydrogen-bond donors (Lipinski definition) is 0. The van der Waals surface area contributed by atoms with Gasteiger partial charge in [-0.15, -0.1) is 0 Å². The van der Waals surface area contributed by atoms with Crippen LogP contribution in [0.2, 0.25) is 0 Å². The van der Waals surface area contributed by atoms with E-state index in [4.69, 9.17) is 0 Å². The van der Waals surface area contributed by atoms with E-state index in [2.05, 4.69) is 64.0 Å². The van der Waals surface area contributed by atoms with Crippen LogP contribution in [0.3, 0.4) is 0 Å². The highest BCUT2D eigenvalue weighted by Crippen LogP contribution is 2.17. The van der Waals surface area contributed by atoms with Gasteiger partial charge in [-0.05, 0) is 58.6 Å². The number of benzene rings is 1. The van der Waals surface area contributed by atoms with E-state index in [9.17, 15) is 0 Å². The van der Waals surface area contributed by atoms with Gasteiger partial charge in [-0.1, -0.05) is 18.2 Å². The molecule has 2 heterocycles. The van der Waals surface area contributed by atoms with E-state index in [1.807, 2.05) is 0 Å². The number of hydrogen-bond acceptors (Lipinski definition) is 4. The lowest BCUT2D eigenvalue weighted by molar-refractivity contribution is 0.195. The summed E-state index contributed by atoms with van der Waals surface area (Å²) in [6.07, 6.45) is 4.04. The molecule has 24 heavy (non-hydrogen) atoms. The molecule has 0 aliphatic carbocycles. The number of piperazine rings is 1. The first-order chi connectivity index (χ1) is 11.7. The fourth-order valence-electron chi connectivity index (χ4n) is 4.03. The summed E-state index contributed by atoms with van der Waals surface area (Å²) in [5, 5.41) is 0. The first-order valence-electron chi connectivity index (χ1n) is 9.63. The summed E-state index contributed by atoms with van der Waals surface area (Å²) in [5.74, 6) is 0. The minimum absolute atomic E-state index is 0.782. The fraction of sp³-hybridized carbons (Fsp3) is 0.700. The zero-order valence-corrected chi connectivity index (χ0v) is 15.5. The van der Waals surface area contributed by atoms with Crippen molar-refractivity contribution in [1.82, 2.24) is 14.7 Å². The molecular weight excluding hydrogens is 296 g/mol. The first kappa shape index (κ1) is 17.7. The molecule has 134 valence electrons. The fourth-order valence-corrected chi connectivity index (χ4v) is 4.03. The normalized spacial score (nSPS) is 24.3. The minimum Gasteiger partial charge on any atom is -0.369 e. The molecule has 1 aromatic rings. The summed E-state index contributed by atoms with van der Waals surface area (Å²) in [5.41, 5.74) is 1.37. The van der Waals surface area contributed by atoms with E-state index in [1.165, 1.54) is 64.2 Å². The highest BCUT2D eigenvalue weighted by Gasteiger charge is 2.20. The van der Waals surface area contributed by atoms with Crippen molar-refractivity contribution >= 4 is 5.69 Å². The van der Waals surface area contributed by atoms with Crippen molar-refractivity contribution in [3.8, 4) is 0 Å². The molecule has 3 rings (SSSR count). The van der Waals surface area contributed by atoms with Crippen LogP contribution in [0.15, 0.2) is 30.3 Å². The topological polar surface area (TPSA) is 13.0 Å². The highest BCUT2D eigenvalue weighted by molar-refractivity contribution is 5.46. The predicted molar refractivity (Wildman–Crippen MR) is 103 cm³/mol. The van der Waals surface area contributed by atoms with Crippen molar-refractivity contribution in [3.05, 3.63) is 30.3 Å². The Morgan fingerprint density at radius 2 is 1.50 bits per heavy atom. The summed E-state index contributed by atoms with van der Waals surface area (Å²) in [4.78, 5) is 10.3. The molecule has 2 aliphatic rings. The molecule has 1 atom stereocenters. The Balaban J connectivity index is 1.38. The van der Waals surface area contributed by atoms with Crippen molar-refractivity contribution in [1.29, 1.82) is 0 Å². The van der Waals surface area contributed by atoms with Crippen molar-refractivity contribution in [2.45, 2.75) is 25.3 Å². The average Bonchev–Trinajstić information content (AvgIpc) is 2.87. The highest BCUT2D eigenvalue weighted by atomic mass is 15.3. The van der Waals surface area contributed by atoms with E-state index in [1.54, 1.807) is 0 Å². The van der Waals surface area contributed by atoms with E-state index < -0.39 is 0 Å². The van der Waals surface area contributed by atoms with E-state index >= 15 is 0 Å². The van der Waals surface area contributed by atoms with Crippen LogP contribution in [0.1, 0.15) is 19.3 Å². The van der Waals surface area contributed by atoms with Crippen molar-refractivity contribution < 1.29 is 0 Å². The number of nitrogens with zero attached hydrogens (tertiary/aromatic N) is 4. The van der Waals surface area contributed by atoms with Crippen LogP contribution in [0.5, 0.6) is 0 Å². The third-order valence-corrected chi connectivity index (χ3v) is 5.75. The van der Waals surface area contributed by atoms with Gasteiger partial charge in [0.1, 0.15) is 0 Å². The Labute approximate surface area is 148 Å². The van der Waals surface area contributed by atoms with Crippen LogP contribution in [0.4, 0.5) is 5.69 Å². The molecule has 0 amide bonds. The molecule has 2 fully saturated rings. The second kappa shape index (κ2) is 8.84. The summed E-state index contributed by atoms with van der Waals surface area (Å²) in [6, 6.07) is 11.6. The zero-order chi connectivity index (χ0) is 16.8. The molecule has 0 aromatic heterocycles. The Morgan fingerprint density at radius 3 is 2.17 bits per heavy atom. The predicted octanol–water partition coefficient (Wildman–Crippen LogP) is 2.22.